The molecule has 0 bridgehead atoms. The number of benzene rings is 1. The van der Waals surface area contributed by atoms with Gasteiger partial charge in [-0.2, -0.15) is 5.10 Å². The maximum Gasteiger partial charge on any atom is 0.142 e. The van der Waals surface area contributed by atoms with E-state index in [2.05, 4.69) is 21.6 Å². The second-order valence-electron chi connectivity index (χ2n) is 4.20. The van der Waals surface area contributed by atoms with Crippen molar-refractivity contribution >= 4 is 5.69 Å². The highest BCUT2D eigenvalue weighted by atomic mass is 16.5. The van der Waals surface area contributed by atoms with Crippen molar-refractivity contribution in [3.05, 3.63) is 41.7 Å². The summed E-state index contributed by atoms with van der Waals surface area (Å²) < 4.78 is 5.39. The molecule has 0 aliphatic carbocycles. The topological polar surface area (TPSA) is 49.9 Å². The summed E-state index contributed by atoms with van der Waals surface area (Å²) in [5.41, 5.74) is 3.56. The quantitative estimate of drug-likeness (QED) is 0.831. The first kappa shape index (κ1) is 10.2. The minimum atomic E-state index is 0.379. The van der Waals surface area contributed by atoms with Crippen molar-refractivity contribution < 1.29 is 4.74 Å². The van der Waals surface area contributed by atoms with Crippen molar-refractivity contribution in [2.24, 2.45) is 0 Å². The smallest absolute Gasteiger partial charge is 0.142 e. The van der Waals surface area contributed by atoms with E-state index < -0.39 is 0 Å². The van der Waals surface area contributed by atoms with Gasteiger partial charge in [-0.25, -0.2) is 0 Å². The molecule has 4 nitrogen and oxygen atoms in total. The first-order chi connectivity index (χ1) is 8.40. The number of nitrogens with zero attached hydrogens (tertiary/aromatic N) is 1. The molecule has 0 radical (unpaired) electrons. The number of hydrogen-bond acceptors (Lipinski definition) is 3. The molecule has 1 aliphatic rings. The highest BCUT2D eigenvalue weighted by molar-refractivity contribution is 5.65. The highest BCUT2D eigenvalue weighted by Crippen LogP contribution is 2.40. The number of rotatable bonds is 2. The zero-order valence-corrected chi connectivity index (χ0v) is 9.73. The number of hydrogen-bond donors (Lipinski definition) is 2. The first-order valence-electron chi connectivity index (χ1n) is 5.80. The first-order valence-corrected chi connectivity index (χ1v) is 5.80. The molecule has 1 atom stereocenters. The molecule has 3 rings (SSSR count). The van der Waals surface area contributed by atoms with Gasteiger partial charge in [0, 0.05) is 24.4 Å². The van der Waals surface area contributed by atoms with Gasteiger partial charge in [-0.05, 0) is 24.1 Å². The SMILES string of the molecule is COc1cccc2c1NCCC2c1ccn[nH]1. The molecule has 0 saturated carbocycles. The van der Waals surface area contributed by atoms with E-state index in [1.165, 1.54) is 11.3 Å². The van der Waals surface area contributed by atoms with Crippen LogP contribution in [0.2, 0.25) is 0 Å². The van der Waals surface area contributed by atoms with E-state index in [0.717, 1.165) is 24.4 Å². The van der Waals surface area contributed by atoms with Crippen LogP contribution in [0.1, 0.15) is 23.6 Å². The normalized spacial score (nSPS) is 18.3. The molecule has 2 N–H and O–H groups in total. The van der Waals surface area contributed by atoms with Gasteiger partial charge < -0.3 is 10.1 Å². The minimum absolute atomic E-state index is 0.379. The Bertz CT molecular complexity index is 507. The zero-order valence-electron chi connectivity index (χ0n) is 9.73. The van der Waals surface area contributed by atoms with Gasteiger partial charge in [0.25, 0.3) is 0 Å². The standard InChI is InChI=1S/C13H15N3O/c1-17-12-4-2-3-10-9(5-7-14-13(10)12)11-6-8-15-16-11/h2-4,6,8-9,14H,5,7H2,1H3,(H,15,16). The predicted molar refractivity (Wildman–Crippen MR) is 66.5 cm³/mol. The lowest BCUT2D eigenvalue weighted by Crippen LogP contribution is -2.18. The van der Waals surface area contributed by atoms with Gasteiger partial charge in [0.1, 0.15) is 5.75 Å². The molecule has 1 aromatic carbocycles. The third-order valence-corrected chi connectivity index (χ3v) is 3.29. The van der Waals surface area contributed by atoms with Crippen molar-refractivity contribution in [3.8, 4) is 5.75 Å². The molecule has 0 amide bonds. The summed E-state index contributed by atoms with van der Waals surface area (Å²) in [7, 11) is 1.71. The van der Waals surface area contributed by atoms with E-state index in [1.54, 1.807) is 13.3 Å². The minimum Gasteiger partial charge on any atom is -0.495 e. The Morgan fingerprint density at radius 3 is 3.06 bits per heavy atom. The number of nitrogens with one attached hydrogen (secondary N) is 2. The van der Waals surface area contributed by atoms with Gasteiger partial charge in [0.05, 0.1) is 12.8 Å². The predicted octanol–water partition coefficient (Wildman–Crippen LogP) is 2.37. The maximum absolute atomic E-state index is 5.39. The van der Waals surface area contributed by atoms with Gasteiger partial charge in [0.15, 0.2) is 0 Å². The van der Waals surface area contributed by atoms with Gasteiger partial charge in [-0.15, -0.1) is 0 Å². The Morgan fingerprint density at radius 1 is 1.35 bits per heavy atom. The van der Waals surface area contributed by atoms with Crippen molar-refractivity contribution in [2.75, 3.05) is 19.0 Å². The van der Waals surface area contributed by atoms with Crippen LogP contribution in [-0.2, 0) is 0 Å². The molecule has 4 heteroatoms. The van der Waals surface area contributed by atoms with Gasteiger partial charge >= 0.3 is 0 Å². The van der Waals surface area contributed by atoms with Gasteiger partial charge in [-0.3, -0.25) is 5.10 Å². The third kappa shape index (κ3) is 1.65. The fourth-order valence-electron chi connectivity index (χ4n) is 2.48. The zero-order chi connectivity index (χ0) is 11.7. The molecular weight excluding hydrogens is 214 g/mol. The Hall–Kier alpha value is -1.97. The summed E-state index contributed by atoms with van der Waals surface area (Å²) in [4.78, 5) is 0. The van der Waals surface area contributed by atoms with Gasteiger partial charge in [0.2, 0.25) is 0 Å². The maximum atomic E-state index is 5.39. The van der Waals surface area contributed by atoms with Crippen molar-refractivity contribution in [1.82, 2.24) is 10.2 Å². The van der Waals surface area contributed by atoms with Gasteiger partial charge in [-0.1, -0.05) is 12.1 Å². The second kappa shape index (κ2) is 4.13. The van der Waals surface area contributed by atoms with Crippen molar-refractivity contribution in [1.29, 1.82) is 0 Å². The number of H-pyrrole nitrogens is 1. The monoisotopic (exact) mass is 229 g/mol. The van der Waals surface area contributed by atoms with Crippen LogP contribution in [0.4, 0.5) is 5.69 Å². The van der Waals surface area contributed by atoms with E-state index in [0.29, 0.717) is 5.92 Å². The summed E-state index contributed by atoms with van der Waals surface area (Å²) in [5.74, 6) is 1.29. The van der Waals surface area contributed by atoms with E-state index in [9.17, 15) is 0 Å². The van der Waals surface area contributed by atoms with Crippen LogP contribution in [0.5, 0.6) is 5.75 Å². The van der Waals surface area contributed by atoms with E-state index in [-0.39, 0.29) is 0 Å². The number of methoxy groups -OCH3 is 1. The number of ether oxygens (including phenoxy) is 1. The van der Waals surface area contributed by atoms with Crippen molar-refractivity contribution in [2.45, 2.75) is 12.3 Å². The molecule has 17 heavy (non-hydrogen) atoms. The molecule has 88 valence electrons. The number of aromatic nitrogens is 2. The van der Waals surface area contributed by atoms with Crippen LogP contribution in [0.25, 0.3) is 0 Å². The highest BCUT2D eigenvalue weighted by Gasteiger charge is 2.24. The molecule has 0 fully saturated rings. The summed E-state index contributed by atoms with van der Waals surface area (Å²) in [6.07, 6.45) is 2.87. The average molecular weight is 229 g/mol. The van der Waals surface area contributed by atoms with Crippen LogP contribution in [-0.4, -0.2) is 23.9 Å². The molecule has 2 aromatic rings. The lowest BCUT2D eigenvalue weighted by atomic mass is 9.88. The lowest BCUT2D eigenvalue weighted by molar-refractivity contribution is 0.415. The van der Waals surface area contributed by atoms with Crippen LogP contribution < -0.4 is 10.1 Å². The largest absolute Gasteiger partial charge is 0.495 e. The molecule has 0 saturated heterocycles. The molecule has 1 aliphatic heterocycles. The summed E-state index contributed by atoms with van der Waals surface area (Å²) in [6, 6.07) is 8.21. The number of fused-ring (bicyclic) bond motifs is 1. The number of aromatic amines is 1. The lowest BCUT2D eigenvalue weighted by Gasteiger charge is -2.27. The number of anilines is 1. The Balaban J connectivity index is 2.08. The van der Waals surface area contributed by atoms with Crippen LogP contribution in [0.3, 0.4) is 0 Å². The Morgan fingerprint density at radius 2 is 2.29 bits per heavy atom. The average Bonchev–Trinajstić information content (AvgIpc) is 2.91. The van der Waals surface area contributed by atoms with Crippen LogP contribution in [0, 0.1) is 0 Å². The van der Waals surface area contributed by atoms with Crippen LogP contribution >= 0.6 is 0 Å². The molecule has 0 spiro atoms. The fourth-order valence-corrected chi connectivity index (χ4v) is 2.48. The third-order valence-electron chi connectivity index (χ3n) is 3.29. The summed E-state index contributed by atoms with van der Waals surface area (Å²) in [6.45, 7) is 0.955. The second-order valence-corrected chi connectivity index (χ2v) is 4.20. The Labute approximate surface area is 100 Å². The number of para-hydroxylation sites is 1. The van der Waals surface area contributed by atoms with E-state index in [4.69, 9.17) is 4.74 Å². The molecule has 1 aromatic heterocycles. The molecule has 1 unspecified atom stereocenters. The van der Waals surface area contributed by atoms with Crippen LogP contribution in [0.15, 0.2) is 30.5 Å². The van der Waals surface area contributed by atoms with E-state index in [1.807, 2.05) is 18.2 Å². The van der Waals surface area contributed by atoms with E-state index >= 15 is 0 Å². The Kier molecular flexibility index (Phi) is 2.48. The van der Waals surface area contributed by atoms with Crippen molar-refractivity contribution in [3.63, 3.8) is 0 Å². The molecular formula is C13H15N3O. The summed E-state index contributed by atoms with van der Waals surface area (Å²) >= 11 is 0. The fraction of sp³-hybridized carbons (Fsp3) is 0.308. The summed E-state index contributed by atoms with van der Waals surface area (Å²) in [5, 5.41) is 10.5. The molecule has 2 heterocycles.